The van der Waals surface area contributed by atoms with Gasteiger partial charge in [-0.1, -0.05) is 44.2 Å². The molecule has 5 atom stereocenters. The summed E-state index contributed by atoms with van der Waals surface area (Å²) in [5.74, 6) is -2.30. The number of nitrogens with one attached hydrogen (secondary N) is 1. The lowest BCUT2D eigenvalue weighted by molar-refractivity contribution is -0.255. The van der Waals surface area contributed by atoms with Crippen LogP contribution in [0.1, 0.15) is 115 Å². The molecule has 16 heteroatoms. The van der Waals surface area contributed by atoms with Gasteiger partial charge in [-0.25, -0.2) is 4.79 Å². The van der Waals surface area contributed by atoms with Gasteiger partial charge < -0.3 is 43.0 Å². The monoisotopic (exact) mass is 852 g/mol. The zero-order chi connectivity index (χ0) is 44.6. The number of aryl methyl sites for hydroxylation is 1. The Bertz CT molecular complexity index is 1900. The average Bonchev–Trinajstić information content (AvgIpc) is 3.55. The number of benzene rings is 1. The fourth-order valence-corrected chi connectivity index (χ4v) is 8.22. The minimum Gasteiger partial charge on any atom is -0.473 e. The molecule has 1 N–H and O–H groups in total. The number of likely N-dealkylation sites (tertiary alicyclic amines) is 2. The molecule has 3 aliphatic rings. The van der Waals surface area contributed by atoms with E-state index in [9.17, 15) is 24.0 Å². The molecule has 336 valence electrons. The van der Waals surface area contributed by atoms with E-state index in [-0.39, 0.29) is 30.6 Å². The van der Waals surface area contributed by atoms with Crippen molar-refractivity contribution < 1.29 is 57.1 Å². The van der Waals surface area contributed by atoms with E-state index in [1.807, 2.05) is 25.7 Å². The maximum Gasteiger partial charge on any atom is 0.410 e. The van der Waals surface area contributed by atoms with E-state index in [2.05, 4.69) is 66.2 Å². The number of piperidine rings is 1. The van der Waals surface area contributed by atoms with Crippen LogP contribution < -0.4 is 4.74 Å². The third kappa shape index (κ3) is 13.0. The van der Waals surface area contributed by atoms with E-state index >= 15 is 0 Å². The summed E-state index contributed by atoms with van der Waals surface area (Å²) in [7, 11) is 0. The lowest BCUT2D eigenvalue weighted by atomic mass is 9.72. The number of ether oxygens (including phenoxy) is 7. The largest absolute Gasteiger partial charge is 0.473 e. The zero-order valence-electron chi connectivity index (χ0n) is 37.4. The molecule has 0 radical (unpaired) electrons. The minimum atomic E-state index is -1.29. The Kier molecular flexibility index (Phi) is 15.7. The first-order valence-corrected chi connectivity index (χ1v) is 21.2. The first kappa shape index (κ1) is 47.1. The molecule has 1 amide bonds. The maximum atomic E-state index is 12.4. The normalized spacial score (nSPS) is 22.7. The lowest BCUT2D eigenvalue weighted by Gasteiger charge is -2.53. The predicted molar refractivity (Wildman–Crippen MR) is 224 cm³/mol. The van der Waals surface area contributed by atoms with Crippen molar-refractivity contribution in [2.24, 2.45) is 5.41 Å². The molecule has 1 aromatic carbocycles. The molecule has 1 unspecified atom stereocenters. The zero-order valence-corrected chi connectivity index (χ0v) is 37.4. The van der Waals surface area contributed by atoms with E-state index in [1.54, 1.807) is 0 Å². The van der Waals surface area contributed by atoms with Crippen LogP contribution in [0.3, 0.4) is 0 Å². The highest BCUT2D eigenvalue weighted by atomic mass is 16.7. The molecule has 0 aliphatic carbocycles. The van der Waals surface area contributed by atoms with E-state index < -0.39 is 60.0 Å². The third-order valence-electron chi connectivity index (χ3n) is 11.2. The Morgan fingerprint density at radius 3 is 2.07 bits per heavy atom. The number of nitrogens with zero attached hydrogens (tertiary/aromatic N) is 3. The van der Waals surface area contributed by atoms with Gasteiger partial charge in [0.05, 0.1) is 0 Å². The van der Waals surface area contributed by atoms with Gasteiger partial charge in [0.1, 0.15) is 31.0 Å². The van der Waals surface area contributed by atoms with Crippen LogP contribution in [0.15, 0.2) is 24.3 Å². The minimum absolute atomic E-state index is 0.0825. The van der Waals surface area contributed by atoms with Crippen LogP contribution in [0.4, 0.5) is 4.79 Å². The number of hydrogen-bond acceptors (Lipinski definition) is 14. The molecule has 1 aromatic heterocycles. The molecule has 3 saturated heterocycles. The van der Waals surface area contributed by atoms with Gasteiger partial charge in [0.25, 0.3) is 0 Å². The van der Waals surface area contributed by atoms with E-state index in [0.717, 1.165) is 79.9 Å². The number of carbonyl (C=O) groups excluding carboxylic acids is 5. The molecular formula is C45H64N4O12. The number of H-pyrrole nitrogens is 1. The molecule has 1 spiro atoms. The third-order valence-corrected chi connectivity index (χ3v) is 11.2. The molecule has 3 aliphatic heterocycles. The SMILES string of the molecule is CC(=O)OCC1O[C@@H](COc2n[nH]c(C(C)C)c2Cc2ccc(/C=C/CCN3CCC4(CC3)CN(C(=O)OC(C)(C)C)C4)cc2C)[C@H](OC(C)=O)[C@@H](OC(C)=O)[C@@H]1OC(C)=O. The van der Waals surface area contributed by atoms with Gasteiger partial charge in [0.2, 0.25) is 5.88 Å². The van der Waals surface area contributed by atoms with Gasteiger partial charge in [0.15, 0.2) is 18.3 Å². The maximum absolute atomic E-state index is 12.4. The van der Waals surface area contributed by atoms with Gasteiger partial charge in [-0.3, -0.25) is 24.3 Å². The van der Waals surface area contributed by atoms with Crippen molar-refractivity contribution in [3.05, 3.63) is 52.2 Å². The standard InChI is InChI=1S/C45H64N4O12/c1-27(2)38-35(42(47-46-38)56-24-37-40(58-31(6)52)41(59-32(7)53)39(57-30(5)51)36(60-37)23-55-29(4)50)22-34-15-14-33(21-28(34)3)13-11-12-18-48-19-16-45(17-20-48)25-49(26-45)43(54)61-44(8,9)10/h11,13-15,21,27,36-37,39-41H,12,16-20,22-26H2,1-10H3,(H,46,47)/b13-11+/t36?,37-,39+,40-,41-/m0/s1. The van der Waals surface area contributed by atoms with Gasteiger partial charge in [-0.2, -0.15) is 0 Å². The Balaban J connectivity index is 1.21. The van der Waals surface area contributed by atoms with E-state index in [1.165, 1.54) is 27.7 Å². The van der Waals surface area contributed by atoms with Gasteiger partial charge in [-0.15, -0.1) is 5.10 Å². The summed E-state index contributed by atoms with van der Waals surface area (Å²) in [6, 6.07) is 6.37. The average molecular weight is 853 g/mol. The molecule has 5 rings (SSSR count). The van der Waals surface area contributed by atoms with Crippen molar-refractivity contribution in [2.75, 3.05) is 45.9 Å². The van der Waals surface area contributed by atoms with Crippen LogP contribution >= 0.6 is 0 Å². The van der Waals surface area contributed by atoms with Gasteiger partial charge in [0, 0.05) is 70.4 Å². The van der Waals surface area contributed by atoms with Crippen molar-refractivity contribution in [3.63, 3.8) is 0 Å². The first-order chi connectivity index (χ1) is 28.7. The Morgan fingerprint density at radius 1 is 0.902 bits per heavy atom. The van der Waals surface area contributed by atoms with Crippen LogP contribution in [-0.4, -0.2) is 132 Å². The second-order valence-electron chi connectivity index (χ2n) is 17.9. The Morgan fingerprint density at radius 2 is 1.51 bits per heavy atom. The number of aromatic amines is 1. The van der Waals surface area contributed by atoms with Crippen molar-refractivity contribution in [1.29, 1.82) is 0 Å². The molecule has 61 heavy (non-hydrogen) atoms. The van der Waals surface area contributed by atoms with E-state index in [0.29, 0.717) is 12.3 Å². The van der Waals surface area contributed by atoms with Crippen LogP contribution in [0.5, 0.6) is 5.88 Å². The molecule has 0 bridgehead atoms. The van der Waals surface area contributed by atoms with Crippen molar-refractivity contribution in [1.82, 2.24) is 20.0 Å². The number of rotatable bonds is 15. The first-order valence-electron chi connectivity index (χ1n) is 21.2. The summed E-state index contributed by atoms with van der Waals surface area (Å²) < 4.78 is 40.0. The van der Waals surface area contributed by atoms with Crippen molar-refractivity contribution in [2.45, 2.75) is 137 Å². The summed E-state index contributed by atoms with van der Waals surface area (Å²) in [5, 5.41) is 7.63. The van der Waals surface area contributed by atoms with Crippen LogP contribution in [-0.2, 0) is 54.0 Å². The van der Waals surface area contributed by atoms with Crippen molar-refractivity contribution in [3.8, 4) is 5.88 Å². The quantitative estimate of drug-likeness (QED) is 0.171. The number of amides is 1. The molecule has 2 aromatic rings. The summed E-state index contributed by atoms with van der Waals surface area (Å²) in [6.07, 6.45) is 1.88. The predicted octanol–water partition coefficient (Wildman–Crippen LogP) is 5.67. The molecule has 0 saturated carbocycles. The Hall–Kier alpha value is -4.96. The van der Waals surface area contributed by atoms with Gasteiger partial charge in [-0.05, 0) is 82.7 Å². The highest BCUT2D eigenvalue weighted by Gasteiger charge is 2.52. The number of esters is 4. The fraction of sp³-hybridized carbons (Fsp3) is 0.644. The van der Waals surface area contributed by atoms with Gasteiger partial charge >= 0.3 is 30.0 Å². The molecule has 3 fully saturated rings. The highest BCUT2D eigenvalue weighted by Crippen LogP contribution is 2.41. The second-order valence-corrected chi connectivity index (χ2v) is 17.9. The second kappa shape index (κ2) is 20.3. The summed E-state index contributed by atoms with van der Waals surface area (Å²) in [5.41, 5.74) is 4.77. The molecule has 4 heterocycles. The van der Waals surface area contributed by atoms with Crippen LogP contribution in [0.2, 0.25) is 0 Å². The molecular weight excluding hydrogens is 789 g/mol. The van der Waals surface area contributed by atoms with E-state index in [4.69, 9.17) is 33.2 Å². The van der Waals surface area contributed by atoms with Crippen molar-refractivity contribution >= 4 is 36.0 Å². The number of carbonyl (C=O) groups is 5. The summed E-state index contributed by atoms with van der Waals surface area (Å²) >= 11 is 0. The van der Waals surface area contributed by atoms with Crippen LogP contribution in [0.25, 0.3) is 6.08 Å². The fourth-order valence-electron chi connectivity index (χ4n) is 8.22. The smallest absolute Gasteiger partial charge is 0.410 e. The summed E-state index contributed by atoms with van der Waals surface area (Å²) in [6.45, 7) is 20.7. The number of aromatic nitrogens is 2. The highest BCUT2D eigenvalue weighted by molar-refractivity contribution is 5.70. The number of hydrogen-bond donors (Lipinski definition) is 1. The lowest BCUT2D eigenvalue weighted by Crippen LogP contribution is -2.63. The topological polar surface area (TPSA) is 185 Å². The van der Waals surface area contributed by atoms with Crippen LogP contribution in [0, 0.1) is 12.3 Å². The Labute approximate surface area is 358 Å². The summed E-state index contributed by atoms with van der Waals surface area (Å²) in [4.78, 5) is 65.3. The molecule has 16 nitrogen and oxygen atoms in total.